The molecule has 0 N–H and O–H groups in total. The van der Waals surface area contributed by atoms with Crippen molar-refractivity contribution in [1.82, 2.24) is 9.13 Å². The lowest BCUT2D eigenvalue weighted by Gasteiger charge is -2.21. The van der Waals surface area contributed by atoms with Crippen molar-refractivity contribution in [2.24, 2.45) is 0 Å². The summed E-state index contributed by atoms with van der Waals surface area (Å²) in [5.41, 5.74) is 11.1. The first kappa shape index (κ1) is 30.5. The number of rotatable bonds is 3. The zero-order chi connectivity index (χ0) is 34.4. The van der Waals surface area contributed by atoms with E-state index in [1.165, 1.54) is 12.1 Å². The van der Waals surface area contributed by atoms with Gasteiger partial charge in [-0.1, -0.05) is 58.7 Å². The van der Waals surface area contributed by atoms with Gasteiger partial charge in [0, 0.05) is 27.1 Å². The van der Waals surface area contributed by atoms with Crippen molar-refractivity contribution < 1.29 is 13.2 Å². The highest BCUT2D eigenvalue weighted by Gasteiger charge is 2.31. The van der Waals surface area contributed by atoms with Crippen LogP contribution >= 0.6 is 0 Å². The Labute approximate surface area is 282 Å². The van der Waals surface area contributed by atoms with Gasteiger partial charge in [-0.15, -0.1) is 0 Å². The van der Waals surface area contributed by atoms with E-state index < -0.39 is 11.7 Å². The van der Waals surface area contributed by atoms with Crippen LogP contribution in [0.25, 0.3) is 66.1 Å². The van der Waals surface area contributed by atoms with E-state index in [1.807, 2.05) is 12.1 Å². The predicted molar refractivity (Wildman–Crippen MR) is 194 cm³/mol. The number of fused-ring (bicyclic) bond motifs is 6. The average molecular weight is 648 g/mol. The fraction of sp³-hybridized carbons (Fsp3) is 0.140. The van der Waals surface area contributed by atoms with Crippen molar-refractivity contribution in [1.29, 1.82) is 5.26 Å². The molecule has 6 heteroatoms. The molecule has 0 atom stereocenters. The summed E-state index contributed by atoms with van der Waals surface area (Å²) in [6.07, 6.45) is -4.47. The van der Waals surface area contributed by atoms with Gasteiger partial charge < -0.3 is 9.13 Å². The van der Waals surface area contributed by atoms with Gasteiger partial charge >= 0.3 is 6.18 Å². The maximum Gasteiger partial charge on any atom is 0.416 e. The molecule has 0 bridgehead atoms. The number of alkyl halides is 3. The molecule has 0 amide bonds. The van der Waals surface area contributed by atoms with Crippen LogP contribution in [0.15, 0.2) is 103 Å². The van der Waals surface area contributed by atoms with Gasteiger partial charge in [-0.2, -0.15) is 18.4 Å². The molecule has 0 aliphatic heterocycles. The molecule has 49 heavy (non-hydrogen) atoms. The lowest BCUT2D eigenvalue weighted by molar-refractivity contribution is -0.137. The van der Waals surface area contributed by atoms with Crippen LogP contribution in [0.2, 0.25) is 0 Å². The molecule has 0 saturated heterocycles. The van der Waals surface area contributed by atoms with Crippen LogP contribution in [-0.2, 0) is 6.18 Å². The summed E-state index contributed by atoms with van der Waals surface area (Å²) >= 11 is 0. The van der Waals surface area contributed by atoms with Crippen LogP contribution in [0.5, 0.6) is 0 Å². The smallest absolute Gasteiger partial charge is 0.308 e. The van der Waals surface area contributed by atoms with Crippen molar-refractivity contribution in [3.63, 3.8) is 0 Å². The van der Waals surface area contributed by atoms with Crippen LogP contribution in [-0.4, -0.2) is 9.13 Å². The van der Waals surface area contributed by atoms with Crippen LogP contribution < -0.4 is 0 Å². The minimum atomic E-state index is -4.47. The molecule has 8 rings (SSSR count). The first-order valence-electron chi connectivity index (χ1n) is 16.2. The van der Waals surface area contributed by atoms with Gasteiger partial charge in [0.15, 0.2) is 0 Å². The Morgan fingerprint density at radius 1 is 0.510 bits per heavy atom. The van der Waals surface area contributed by atoms with Crippen LogP contribution in [0.4, 0.5) is 13.2 Å². The van der Waals surface area contributed by atoms with Gasteiger partial charge in [-0.25, -0.2) is 0 Å². The van der Waals surface area contributed by atoms with E-state index in [9.17, 15) is 18.4 Å². The first-order chi connectivity index (χ1) is 23.4. The molecule has 0 aliphatic carbocycles. The highest BCUT2D eigenvalue weighted by Crippen LogP contribution is 2.43. The van der Waals surface area contributed by atoms with Gasteiger partial charge in [0.05, 0.1) is 39.0 Å². The summed E-state index contributed by atoms with van der Waals surface area (Å²) in [5, 5.41) is 15.5. The molecule has 0 spiro atoms. The van der Waals surface area contributed by atoms with E-state index in [4.69, 9.17) is 0 Å². The SMILES string of the molecule is Cc1ccc2c(c1)c1cc(C)ccc1n2-c1ccc(-c2ccc(C(F)(F)F)cc2C)c(-n2c3ccc(C)cc3c3cc(C)ccc32)c1C#N. The molecule has 0 saturated carbocycles. The summed E-state index contributed by atoms with van der Waals surface area (Å²) in [5.74, 6) is 0. The lowest BCUT2D eigenvalue weighted by Crippen LogP contribution is -2.08. The quantitative estimate of drug-likeness (QED) is 0.188. The Balaban J connectivity index is 1.56. The average Bonchev–Trinajstić information content (AvgIpc) is 3.54. The van der Waals surface area contributed by atoms with E-state index in [0.29, 0.717) is 33.6 Å². The van der Waals surface area contributed by atoms with Gasteiger partial charge in [0.2, 0.25) is 0 Å². The van der Waals surface area contributed by atoms with E-state index in [0.717, 1.165) is 71.9 Å². The van der Waals surface area contributed by atoms with Crippen LogP contribution in [0.1, 0.15) is 38.9 Å². The van der Waals surface area contributed by atoms with Crippen molar-refractivity contribution in [2.75, 3.05) is 0 Å². The summed E-state index contributed by atoms with van der Waals surface area (Å²) in [6.45, 7) is 9.96. The Morgan fingerprint density at radius 3 is 1.35 bits per heavy atom. The summed E-state index contributed by atoms with van der Waals surface area (Å²) in [7, 11) is 0. The standard InChI is InChI=1S/C43H32F3N3/c1-24-6-13-37-32(18-24)33-19-25(2)7-14-38(33)48(37)41-17-12-31(30-11-10-29(22-28(30)5)43(44,45)46)42(36(41)23-47)49-39-15-8-26(3)20-34(39)35-21-27(4)9-16-40(35)49/h6-22H,1-5H3. The molecular weight excluding hydrogens is 615 g/mol. The molecule has 240 valence electrons. The number of hydrogen-bond acceptors (Lipinski definition) is 1. The van der Waals surface area contributed by atoms with Crippen molar-refractivity contribution in [3.8, 4) is 28.6 Å². The molecule has 0 aliphatic rings. The molecule has 0 unspecified atom stereocenters. The number of aromatic nitrogens is 2. The highest BCUT2D eigenvalue weighted by atomic mass is 19.4. The summed E-state index contributed by atoms with van der Waals surface area (Å²) < 4.78 is 45.7. The molecule has 0 radical (unpaired) electrons. The van der Waals surface area contributed by atoms with Gasteiger partial charge in [0.25, 0.3) is 0 Å². The normalized spacial score (nSPS) is 12.1. The Morgan fingerprint density at radius 2 is 0.939 bits per heavy atom. The molecule has 3 nitrogen and oxygen atoms in total. The van der Waals surface area contributed by atoms with Gasteiger partial charge in [0.1, 0.15) is 11.6 Å². The maximum atomic E-state index is 13.8. The zero-order valence-electron chi connectivity index (χ0n) is 27.8. The van der Waals surface area contributed by atoms with Gasteiger partial charge in [-0.05, 0) is 112 Å². The predicted octanol–water partition coefficient (Wildman–Crippen LogP) is 12.0. The molecular formula is C43H32F3N3. The molecule has 0 fully saturated rings. The number of nitriles is 1. The monoisotopic (exact) mass is 647 g/mol. The Hall–Kier alpha value is -5.80. The van der Waals surface area contributed by atoms with Crippen LogP contribution in [0, 0.1) is 45.9 Å². The fourth-order valence-electron chi connectivity index (χ4n) is 7.47. The third-order valence-corrected chi connectivity index (χ3v) is 9.73. The third-order valence-electron chi connectivity index (χ3n) is 9.73. The number of hydrogen-bond donors (Lipinski definition) is 0. The Kier molecular flexibility index (Phi) is 6.77. The second-order valence-electron chi connectivity index (χ2n) is 13.2. The maximum absolute atomic E-state index is 13.8. The minimum absolute atomic E-state index is 0.427. The fourth-order valence-corrected chi connectivity index (χ4v) is 7.47. The van der Waals surface area contributed by atoms with E-state index in [2.05, 4.69) is 116 Å². The highest BCUT2D eigenvalue weighted by molar-refractivity contribution is 6.12. The Bertz CT molecular complexity index is 2600. The van der Waals surface area contributed by atoms with Crippen molar-refractivity contribution in [3.05, 3.63) is 142 Å². The zero-order valence-corrected chi connectivity index (χ0v) is 27.8. The van der Waals surface area contributed by atoms with Crippen molar-refractivity contribution in [2.45, 2.75) is 40.8 Å². The van der Waals surface area contributed by atoms with E-state index in [-0.39, 0.29) is 0 Å². The minimum Gasteiger partial charge on any atom is -0.308 e. The lowest BCUT2D eigenvalue weighted by atomic mass is 9.93. The van der Waals surface area contributed by atoms with Crippen LogP contribution in [0.3, 0.4) is 0 Å². The molecule has 6 aromatic carbocycles. The third kappa shape index (κ3) is 4.72. The summed E-state index contributed by atoms with van der Waals surface area (Å²) in [6, 6.07) is 35.6. The van der Waals surface area contributed by atoms with Crippen molar-refractivity contribution >= 4 is 43.6 Å². The number of aryl methyl sites for hydroxylation is 5. The van der Waals surface area contributed by atoms with Gasteiger partial charge in [-0.3, -0.25) is 0 Å². The molecule has 2 heterocycles. The number of benzene rings is 6. The summed E-state index contributed by atoms with van der Waals surface area (Å²) in [4.78, 5) is 0. The first-order valence-corrected chi connectivity index (χ1v) is 16.2. The largest absolute Gasteiger partial charge is 0.416 e. The van der Waals surface area contributed by atoms with E-state index in [1.54, 1.807) is 6.92 Å². The second-order valence-corrected chi connectivity index (χ2v) is 13.2. The number of halogens is 3. The molecule has 8 aromatic rings. The van der Waals surface area contributed by atoms with E-state index >= 15 is 0 Å². The second kappa shape index (κ2) is 10.9. The number of nitrogens with zero attached hydrogens (tertiary/aromatic N) is 3. The molecule has 2 aromatic heterocycles. The topological polar surface area (TPSA) is 33.6 Å².